The Hall–Kier alpha value is -2.31. The van der Waals surface area contributed by atoms with Crippen LogP contribution in [-0.4, -0.2) is 35.3 Å². The second-order valence-electron chi connectivity index (χ2n) is 3.91. The van der Waals surface area contributed by atoms with E-state index in [1.807, 2.05) is 0 Å². The zero-order valence-electron chi connectivity index (χ0n) is 9.74. The van der Waals surface area contributed by atoms with Crippen molar-refractivity contribution in [3.8, 4) is 5.75 Å². The molecule has 1 unspecified atom stereocenters. The van der Waals surface area contributed by atoms with Gasteiger partial charge in [-0.1, -0.05) is 12.1 Å². The molecule has 96 valence electrons. The number of benzene rings is 1. The van der Waals surface area contributed by atoms with Gasteiger partial charge in [0.05, 0.1) is 11.6 Å². The Labute approximate surface area is 103 Å². The minimum absolute atomic E-state index is 0.0675. The standard InChI is InChI=1S/C11H12N2O5/c1-8(6-18-13(15)16)12-7-17-10-5-3-2-4-9(10)11(12)14/h2-5,8H,6-7H2,1H3. The molecule has 0 bridgehead atoms. The minimum atomic E-state index is -0.875. The number of amides is 1. The molecule has 1 atom stereocenters. The van der Waals surface area contributed by atoms with Gasteiger partial charge in [-0.2, -0.15) is 0 Å². The molecule has 0 aliphatic carbocycles. The van der Waals surface area contributed by atoms with Crippen molar-refractivity contribution in [1.82, 2.24) is 4.90 Å². The van der Waals surface area contributed by atoms with Crippen molar-refractivity contribution in [2.75, 3.05) is 13.3 Å². The van der Waals surface area contributed by atoms with Gasteiger partial charge in [0.15, 0.2) is 6.73 Å². The fraction of sp³-hybridized carbons (Fsp3) is 0.364. The molecule has 7 nitrogen and oxygen atoms in total. The summed E-state index contributed by atoms with van der Waals surface area (Å²) in [6.07, 6.45) is 0. The van der Waals surface area contributed by atoms with Gasteiger partial charge in [0.1, 0.15) is 12.4 Å². The largest absolute Gasteiger partial charge is 0.472 e. The predicted octanol–water partition coefficient (Wildman–Crippen LogP) is 1.08. The summed E-state index contributed by atoms with van der Waals surface area (Å²) in [5.41, 5.74) is 0.455. The van der Waals surface area contributed by atoms with Crippen LogP contribution < -0.4 is 4.74 Å². The topological polar surface area (TPSA) is 81.9 Å². The number of nitrogens with zero attached hydrogens (tertiary/aromatic N) is 2. The van der Waals surface area contributed by atoms with E-state index in [0.717, 1.165) is 0 Å². The fourth-order valence-corrected chi connectivity index (χ4v) is 1.71. The van der Waals surface area contributed by atoms with Gasteiger partial charge in [-0.3, -0.25) is 4.79 Å². The predicted molar refractivity (Wildman–Crippen MR) is 60.5 cm³/mol. The van der Waals surface area contributed by atoms with Crippen molar-refractivity contribution >= 4 is 5.91 Å². The van der Waals surface area contributed by atoms with E-state index < -0.39 is 11.1 Å². The highest BCUT2D eigenvalue weighted by Crippen LogP contribution is 2.25. The molecule has 0 aromatic heterocycles. The smallest absolute Gasteiger partial charge is 0.294 e. The van der Waals surface area contributed by atoms with Gasteiger partial charge < -0.3 is 14.5 Å². The molecule has 1 aromatic rings. The molecule has 0 spiro atoms. The van der Waals surface area contributed by atoms with E-state index in [1.54, 1.807) is 31.2 Å². The molecular weight excluding hydrogens is 240 g/mol. The van der Waals surface area contributed by atoms with Gasteiger partial charge in [0.25, 0.3) is 11.0 Å². The van der Waals surface area contributed by atoms with Crippen LogP contribution in [0.4, 0.5) is 0 Å². The molecule has 1 heterocycles. The normalized spacial score (nSPS) is 15.6. The Kier molecular flexibility index (Phi) is 3.31. The lowest BCUT2D eigenvalue weighted by Crippen LogP contribution is -2.46. The van der Waals surface area contributed by atoms with Gasteiger partial charge >= 0.3 is 0 Å². The summed E-state index contributed by atoms with van der Waals surface area (Å²) in [5.74, 6) is 0.317. The molecule has 0 radical (unpaired) electrons. The van der Waals surface area contributed by atoms with Gasteiger partial charge in [0, 0.05) is 0 Å². The highest BCUT2D eigenvalue weighted by atomic mass is 16.9. The van der Waals surface area contributed by atoms with Crippen molar-refractivity contribution in [3.05, 3.63) is 39.9 Å². The van der Waals surface area contributed by atoms with Crippen LogP contribution >= 0.6 is 0 Å². The second-order valence-corrected chi connectivity index (χ2v) is 3.91. The zero-order chi connectivity index (χ0) is 13.1. The van der Waals surface area contributed by atoms with E-state index in [4.69, 9.17) is 4.74 Å². The van der Waals surface area contributed by atoms with Gasteiger partial charge in [-0.15, -0.1) is 10.1 Å². The van der Waals surface area contributed by atoms with Crippen LogP contribution in [0.25, 0.3) is 0 Å². The van der Waals surface area contributed by atoms with Crippen LogP contribution in [0.3, 0.4) is 0 Å². The first-order chi connectivity index (χ1) is 8.59. The summed E-state index contributed by atoms with van der Waals surface area (Å²) < 4.78 is 5.41. The van der Waals surface area contributed by atoms with E-state index in [9.17, 15) is 14.9 Å². The maximum absolute atomic E-state index is 12.1. The number of hydrogen-bond acceptors (Lipinski definition) is 5. The number of para-hydroxylation sites is 1. The number of fused-ring (bicyclic) bond motifs is 1. The Bertz CT molecular complexity index is 476. The Morgan fingerprint density at radius 1 is 1.56 bits per heavy atom. The van der Waals surface area contributed by atoms with Crippen molar-refractivity contribution in [3.63, 3.8) is 0 Å². The molecule has 7 heteroatoms. The summed E-state index contributed by atoms with van der Waals surface area (Å²) in [7, 11) is 0. The van der Waals surface area contributed by atoms with E-state index in [2.05, 4.69) is 4.84 Å². The maximum Gasteiger partial charge on any atom is 0.294 e. The molecule has 1 aliphatic heterocycles. The number of hydrogen-bond donors (Lipinski definition) is 0. The molecular formula is C11H12N2O5. The zero-order valence-corrected chi connectivity index (χ0v) is 9.74. The molecule has 1 aliphatic rings. The minimum Gasteiger partial charge on any atom is -0.472 e. The summed E-state index contributed by atoms with van der Waals surface area (Å²) in [6, 6.07) is 6.45. The number of rotatable bonds is 4. The van der Waals surface area contributed by atoms with E-state index in [-0.39, 0.29) is 19.2 Å². The monoisotopic (exact) mass is 252 g/mol. The molecule has 1 amide bonds. The molecule has 18 heavy (non-hydrogen) atoms. The molecule has 0 N–H and O–H groups in total. The van der Waals surface area contributed by atoms with Crippen LogP contribution in [0.1, 0.15) is 17.3 Å². The first-order valence-electron chi connectivity index (χ1n) is 5.39. The van der Waals surface area contributed by atoms with Crippen molar-refractivity contribution in [1.29, 1.82) is 0 Å². The molecule has 0 saturated carbocycles. The van der Waals surface area contributed by atoms with Crippen LogP contribution in [0.5, 0.6) is 5.75 Å². The van der Waals surface area contributed by atoms with Crippen LogP contribution in [0, 0.1) is 10.1 Å². The molecule has 1 aromatic carbocycles. The van der Waals surface area contributed by atoms with Crippen molar-refractivity contribution < 1.29 is 19.5 Å². The number of carbonyl (C=O) groups is 1. The quantitative estimate of drug-likeness (QED) is 0.591. The summed E-state index contributed by atoms with van der Waals surface area (Å²) in [5, 5.41) is 9.24. The lowest BCUT2D eigenvalue weighted by Gasteiger charge is -2.32. The van der Waals surface area contributed by atoms with Crippen LogP contribution in [-0.2, 0) is 4.84 Å². The average molecular weight is 252 g/mol. The Morgan fingerprint density at radius 3 is 3.00 bits per heavy atom. The highest BCUT2D eigenvalue weighted by molar-refractivity contribution is 5.97. The Morgan fingerprint density at radius 2 is 2.28 bits per heavy atom. The first kappa shape index (κ1) is 12.2. The van der Waals surface area contributed by atoms with E-state index in [1.165, 1.54) is 4.90 Å². The molecule has 0 saturated heterocycles. The third-order valence-corrected chi connectivity index (χ3v) is 2.69. The van der Waals surface area contributed by atoms with Gasteiger partial charge in [-0.05, 0) is 19.1 Å². The van der Waals surface area contributed by atoms with Crippen LogP contribution in [0.15, 0.2) is 24.3 Å². The Balaban J connectivity index is 2.09. The lowest BCUT2D eigenvalue weighted by atomic mass is 10.1. The van der Waals surface area contributed by atoms with Crippen LogP contribution in [0.2, 0.25) is 0 Å². The highest BCUT2D eigenvalue weighted by Gasteiger charge is 2.29. The third kappa shape index (κ3) is 2.34. The maximum atomic E-state index is 12.1. The second kappa shape index (κ2) is 4.91. The first-order valence-corrected chi connectivity index (χ1v) is 5.39. The fourth-order valence-electron chi connectivity index (χ4n) is 1.71. The van der Waals surface area contributed by atoms with E-state index in [0.29, 0.717) is 11.3 Å². The summed E-state index contributed by atoms with van der Waals surface area (Å²) in [4.78, 5) is 27.9. The van der Waals surface area contributed by atoms with Gasteiger partial charge in [-0.25, -0.2) is 0 Å². The molecule has 0 fully saturated rings. The van der Waals surface area contributed by atoms with Gasteiger partial charge in [0.2, 0.25) is 0 Å². The van der Waals surface area contributed by atoms with Crippen molar-refractivity contribution in [2.45, 2.75) is 13.0 Å². The SMILES string of the molecule is CC(CO[N+](=O)[O-])N1COc2ccccc2C1=O. The van der Waals surface area contributed by atoms with Crippen molar-refractivity contribution in [2.24, 2.45) is 0 Å². The number of ether oxygens (including phenoxy) is 1. The number of carbonyl (C=O) groups excluding carboxylic acids is 1. The lowest BCUT2D eigenvalue weighted by molar-refractivity contribution is -0.758. The van der Waals surface area contributed by atoms with E-state index >= 15 is 0 Å². The molecule has 2 rings (SSSR count). The summed E-state index contributed by atoms with van der Waals surface area (Å²) in [6.45, 7) is 1.56. The third-order valence-electron chi connectivity index (χ3n) is 2.69. The summed E-state index contributed by atoms with van der Waals surface area (Å²) >= 11 is 0. The average Bonchev–Trinajstić information content (AvgIpc) is 2.37.